The number of piperidine rings is 1. The summed E-state index contributed by atoms with van der Waals surface area (Å²) in [5.41, 5.74) is 2.24. The summed E-state index contributed by atoms with van der Waals surface area (Å²) in [7, 11) is 0. The fourth-order valence-electron chi connectivity index (χ4n) is 4.36. The molecule has 0 aliphatic carbocycles. The molecule has 2 aliphatic heterocycles. The van der Waals surface area contributed by atoms with Crippen molar-refractivity contribution >= 4 is 17.5 Å². The highest BCUT2D eigenvalue weighted by atomic mass is 16.2. The van der Waals surface area contributed by atoms with Crippen LogP contribution in [0.25, 0.3) is 5.78 Å². The fourth-order valence-corrected chi connectivity index (χ4v) is 4.36. The van der Waals surface area contributed by atoms with Crippen LogP contribution < -0.4 is 4.90 Å². The summed E-state index contributed by atoms with van der Waals surface area (Å²) in [6, 6.07) is 1.77. The van der Waals surface area contributed by atoms with Gasteiger partial charge in [-0.1, -0.05) is 0 Å². The van der Waals surface area contributed by atoms with Crippen LogP contribution in [0.2, 0.25) is 0 Å². The Labute approximate surface area is 175 Å². The number of aromatic nitrogens is 6. The third-order valence-corrected chi connectivity index (χ3v) is 6.24. The van der Waals surface area contributed by atoms with Crippen molar-refractivity contribution in [1.29, 1.82) is 0 Å². The molecule has 2 aliphatic rings. The minimum atomic E-state index is -0.141. The Morgan fingerprint density at radius 3 is 2.53 bits per heavy atom. The molecule has 9 nitrogen and oxygen atoms in total. The van der Waals surface area contributed by atoms with Crippen molar-refractivity contribution in [1.82, 2.24) is 34.4 Å². The van der Waals surface area contributed by atoms with Crippen molar-refractivity contribution in [2.24, 2.45) is 0 Å². The van der Waals surface area contributed by atoms with Gasteiger partial charge in [0.1, 0.15) is 11.6 Å². The van der Waals surface area contributed by atoms with E-state index in [1.165, 1.54) is 22.9 Å². The first-order chi connectivity index (χ1) is 14.6. The summed E-state index contributed by atoms with van der Waals surface area (Å²) < 4.78 is 1.53. The van der Waals surface area contributed by atoms with Crippen LogP contribution >= 0.6 is 0 Å². The zero-order chi connectivity index (χ0) is 20.7. The number of aryl methyl sites for hydroxylation is 1. The van der Waals surface area contributed by atoms with E-state index in [4.69, 9.17) is 9.97 Å². The summed E-state index contributed by atoms with van der Waals surface area (Å²) in [5, 5.41) is 4.26. The van der Waals surface area contributed by atoms with Gasteiger partial charge in [-0.3, -0.25) is 4.79 Å². The molecule has 0 bridgehead atoms. The highest BCUT2D eigenvalue weighted by Crippen LogP contribution is 2.30. The molecule has 2 fully saturated rings. The van der Waals surface area contributed by atoms with Gasteiger partial charge in [0.25, 0.3) is 11.7 Å². The molecule has 0 spiro atoms. The largest absolute Gasteiger partial charge is 0.356 e. The second-order valence-electron chi connectivity index (χ2n) is 8.18. The molecule has 0 N–H and O–H groups in total. The quantitative estimate of drug-likeness (QED) is 0.658. The van der Waals surface area contributed by atoms with Crippen molar-refractivity contribution in [3.63, 3.8) is 0 Å². The first-order valence-electron chi connectivity index (χ1n) is 10.7. The summed E-state index contributed by atoms with van der Waals surface area (Å²) in [6.07, 6.45) is 7.53. The number of hydrogen-bond donors (Lipinski definition) is 0. The van der Waals surface area contributed by atoms with Crippen molar-refractivity contribution in [3.8, 4) is 0 Å². The Balaban J connectivity index is 1.30. The molecule has 0 atom stereocenters. The molecule has 30 heavy (non-hydrogen) atoms. The number of anilines is 1. The number of carbonyl (C=O) groups is 1. The highest BCUT2D eigenvalue weighted by Gasteiger charge is 2.29. The number of fused-ring (bicyclic) bond motifs is 1. The molecule has 5 heterocycles. The van der Waals surface area contributed by atoms with Gasteiger partial charge >= 0.3 is 0 Å². The van der Waals surface area contributed by atoms with Gasteiger partial charge in [-0.2, -0.15) is 4.98 Å². The minimum absolute atomic E-state index is 0.141. The topological polar surface area (TPSA) is 92.4 Å². The molecule has 0 unspecified atom stereocenters. The predicted octanol–water partition coefficient (Wildman–Crippen LogP) is 2.15. The molecule has 3 aromatic rings. The van der Waals surface area contributed by atoms with E-state index in [0.29, 0.717) is 18.9 Å². The van der Waals surface area contributed by atoms with Gasteiger partial charge in [0, 0.05) is 55.7 Å². The first kappa shape index (κ1) is 18.9. The Kier molecular flexibility index (Phi) is 4.80. The van der Waals surface area contributed by atoms with Gasteiger partial charge in [-0.15, -0.1) is 5.10 Å². The Hall–Kier alpha value is -3.10. The van der Waals surface area contributed by atoms with E-state index in [1.54, 1.807) is 18.5 Å². The maximum Gasteiger partial charge on any atom is 0.293 e. The molecule has 0 saturated carbocycles. The van der Waals surface area contributed by atoms with Crippen LogP contribution in [0, 0.1) is 13.8 Å². The normalized spacial score (nSPS) is 17.8. The average molecular weight is 406 g/mol. The smallest absolute Gasteiger partial charge is 0.293 e. The molecule has 2 saturated heterocycles. The maximum absolute atomic E-state index is 12.9. The zero-order valence-electron chi connectivity index (χ0n) is 17.5. The molecule has 0 radical (unpaired) electrons. The van der Waals surface area contributed by atoms with Crippen molar-refractivity contribution < 1.29 is 4.79 Å². The maximum atomic E-state index is 12.9. The van der Waals surface area contributed by atoms with Crippen LogP contribution in [-0.4, -0.2) is 66.5 Å². The summed E-state index contributed by atoms with van der Waals surface area (Å²) in [6.45, 7) is 7.64. The molecule has 1 amide bonds. The van der Waals surface area contributed by atoms with Crippen LogP contribution in [0.15, 0.2) is 18.5 Å². The van der Waals surface area contributed by atoms with Crippen LogP contribution in [0.5, 0.6) is 0 Å². The monoisotopic (exact) mass is 406 g/mol. The van der Waals surface area contributed by atoms with Crippen molar-refractivity contribution in [3.05, 3.63) is 41.4 Å². The van der Waals surface area contributed by atoms with E-state index in [2.05, 4.69) is 33.8 Å². The second-order valence-corrected chi connectivity index (χ2v) is 8.18. The number of likely N-dealkylation sites (tertiary alicyclic amines) is 1. The minimum Gasteiger partial charge on any atom is -0.356 e. The summed E-state index contributed by atoms with van der Waals surface area (Å²) in [4.78, 5) is 35.2. The standard InChI is InChI=1S/C21H26N8O/c1-14-15(2)23-17(24-19(14)27-9-3-4-10-27)16-6-12-28(13-7-16)20(30)18-25-21-22-8-5-11-29(21)26-18/h5,8,11,16H,3-4,6-7,9-10,12-13H2,1-2H3. The third-order valence-electron chi connectivity index (χ3n) is 6.24. The third kappa shape index (κ3) is 3.38. The van der Waals surface area contributed by atoms with E-state index < -0.39 is 0 Å². The van der Waals surface area contributed by atoms with Gasteiger partial charge in [0.2, 0.25) is 5.82 Å². The number of rotatable bonds is 3. The van der Waals surface area contributed by atoms with E-state index in [0.717, 1.165) is 43.3 Å². The fraction of sp³-hybridized carbons (Fsp3) is 0.524. The molecular weight excluding hydrogens is 380 g/mol. The lowest BCUT2D eigenvalue weighted by atomic mass is 9.95. The van der Waals surface area contributed by atoms with E-state index >= 15 is 0 Å². The molecule has 5 rings (SSSR count). The lowest BCUT2D eigenvalue weighted by molar-refractivity contribution is 0.0699. The summed E-state index contributed by atoms with van der Waals surface area (Å²) >= 11 is 0. The molecule has 3 aromatic heterocycles. The van der Waals surface area contributed by atoms with Crippen molar-refractivity contribution in [2.45, 2.75) is 45.4 Å². The Morgan fingerprint density at radius 2 is 1.80 bits per heavy atom. The number of carbonyl (C=O) groups excluding carboxylic acids is 1. The average Bonchev–Trinajstić information content (AvgIpc) is 3.45. The van der Waals surface area contributed by atoms with Gasteiger partial charge < -0.3 is 9.80 Å². The van der Waals surface area contributed by atoms with E-state index in [9.17, 15) is 4.79 Å². The number of hydrogen-bond acceptors (Lipinski definition) is 7. The van der Waals surface area contributed by atoms with Crippen LogP contribution in [0.1, 0.15) is 59.3 Å². The molecule has 9 heteroatoms. The number of nitrogens with zero attached hydrogens (tertiary/aromatic N) is 8. The molecule has 0 aromatic carbocycles. The van der Waals surface area contributed by atoms with Crippen LogP contribution in [0.4, 0.5) is 5.82 Å². The predicted molar refractivity (Wildman–Crippen MR) is 112 cm³/mol. The Bertz CT molecular complexity index is 1050. The lowest BCUT2D eigenvalue weighted by Gasteiger charge is -2.31. The van der Waals surface area contributed by atoms with Gasteiger partial charge in [-0.05, 0) is 45.6 Å². The Morgan fingerprint density at radius 1 is 1.03 bits per heavy atom. The first-order valence-corrected chi connectivity index (χ1v) is 10.7. The second kappa shape index (κ2) is 7.62. The SMILES string of the molecule is Cc1nc(C2CCN(C(=O)c3nc4ncccn4n3)CC2)nc(N2CCCC2)c1C. The van der Waals surface area contributed by atoms with E-state index in [1.807, 2.05) is 4.90 Å². The van der Waals surface area contributed by atoms with Crippen LogP contribution in [-0.2, 0) is 0 Å². The van der Waals surface area contributed by atoms with Gasteiger partial charge in [0.15, 0.2) is 0 Å². The lowest BCUT2D eigenvalue weighted by Crippen LogP contribution is -2.39. The highest BCUT2D eigenvalue weighted by molar-refractivity contribution is 5.90. The van der Waals surface area contributed by atoms with Crippen molar-refractivity contribution in [2.75, 3.05) is 31.1 Å². The molecule has 156 valence electrons. The summed E-state index contributed by atoms with van der Waals surface area (Å²) in [5.74, 6) is 2.78. The van der Waals surface area contributed by atoms with E-state index in [-0.39, 0.29) is 17.6 Å². The van der Waals surface area contributed by atoms with Crippen LogP contribution in [0.3, 0.4) is 0 Å². The number of amides is 1. The molecular formula is C21H26N8O. The van der Waals surface area contributed by atoms with Gasteiger partial charge in [0.05, 0.1) is 0 Å². The zero-order valence-corrected chi connectivity index (χ0v) is 17.5. The van der Waals surface area contributed by atoms with Gasteiger partial charge in [-0.25, -0.2) is 19.5 Å².